The molecule has 1 atom stereocenters. The first-order valence-electron chi connectivity index (χ1n) is 1.15. The first-order valence-corrected chi connectivity index (χ1v) is 2.60. The highest BCUT2D eigenvalue weighted by Gasteiger charge is 1.86. The van der Waals surface area contributed by atoms with E-state index in [0.717, 1.165) is 0 Å². The van der Waals surface area contributed by atoms with Crippen LogP contribution in [0.3, 0.4) is 0 Å². The summed E-state index contributed by atoms with van der Waals surface area (Å²) >= 11 is 7.84. The van der Waals surface area contributed by atoms with Gasteiger partial charge in [-0.1, -0.05) is 15.9 Å². The van der Waals surface area contributed by atoms with Gasteiger partial charge in [-0.25, -0.2) is 0 Å². The van der Waals surface area contributed by atoms with Gasteiger partial charge in [-0.3, -0.25) is 0 Å². The molecule has 0 rings (SSSR count). The number of aliphatic hydroxyl groups is 1. The highest BCUT2D eigenvalue weighted by molar-refractivity contribution is 9.09. The standard InChI is InChI=1S/C2H4BrClO/c3-2(5)1-4/h2,5H,1H2. The van der Waals surface area contributed by atoms with Crippen molar-refractivity contribution in [2.45, 2.75) is 5.01 Å². The maximum absolute atomic E-state index is 8.15. The Morgan fingerprint density at radius 2 is 2.20 bits per heavy atom. The lowest BCUT2D eigenvalue weighted by atomic mass is 10.9. The molecule has 3 heteroatoms. The molecule has 0 aliphatic rings. The van der Waals surface area contributed by atoms with Crippen LogP contribution in [0, 0.1) is 0 Å². The van der Waals surface area contributed by atoms with Crippen molar-refractivity contribution < 1.29 is 5.11 Å². The summed E-state index contributed by atoms with van der Waals surface area (Å²) < 4.78 is 0. The predicted octanol–water partition coefficient (Wildman–Crippen LogP) is 0.939. The fraction of sp³-hybridized carbons (Fsp3) is 1.00. The molecule has 0 aliphatic heterocycles. The van der Waals surface area contributed by atoms with Crippen LogP contribution in [-0.2, 0) is 0 Å². The second kappa shape index (κ2) is 2.94. The number of hydrogen-bond donors (Lipinski definition) is 1. The molecule has 0 heterocycles. The molecule has 0 radical (unpaired) electrons. The van der Waals surface area contributed by atoms with E-state index < -0.39 is 5.01 Å². The first kappa shape index (κ1) is 5.73. The summed E-state index contributed by atoms with van der Waals surface area (Å²) in [4.78, 5) is 0. The molecule has 0 aromatic rings. The van der Waals surface area contributed by atoms with Gasteiger partial charge in [-0.2, -0.15) is 0 Å². The van der Waals surface area contributed by atoms with Crippen molar-refractivity contribution in [3.8, 4) is 0 Å². The normalized spacial score (nSPS) is 15.0. The molecule has 1 N–H and O–H groups in total. The molecule has 1 unspecified atom stereocenters. The van der Waals surface area contributed by atoms with Crippen LogP contribution in [0.2, 0.25) is 0 Å². The summed E-state index contributed by atoms with van der Waals surface area (Å²) in [5.41, 5.74) is 0. The molecule has 0 fully saturated rings. The Bertz CT molecular complexity index is 23.6. The Kier molecular flexibility index (Phi) is 3.37. The molecule has 0 saturated heterocycles. The van der Waals surface area contributed by atoms with E-state index in [1.807, 2.05) is 0 Å². The molecule has 0 aromatic carbocycles. The zero-order valence-corrected chi connectivity index (χ0v) is 4.83. The molecule has 0 aliphatic carbocycles. The average molecular weight is 159 g/mol. The highest BCUT2D eigenvalue weighted by Crippen LogP contribution is 1.93. The summed E-state index contributed by atoms with van der Waals surface area (Å²) in [6, 6.07) is 0. The van der Waals surface area contributed by atoms with Crippen molar-refractivity contribution >= 4 is 27.5 Å². The highest BCUT2D eigenvalue weighted by atomic mass is 79.9. The van der Waals surface area contributed by atoms with Crippen molar-refractivity contribution in [1.82, 2.24) is 0 Å². The van der Waals surface area contributed by atoms with Crippen molar-refractivity contribution in [2.75, 3.05) is 5.88 Å². The second-order valence-electron chi connectivity index (χ2n) is 0.589. The summed E-state index contributed by atoms with van der Waals surface area (Å²) in [7, 11) is 0. The maximum Gasteiger partial charge on any atom is 0.122 e. The van der Waals surface area contributed by atoms with Crippen molar-refractivity contribution in [1.29, 1.82) is 0 Å². The van der Waals surface area contributed by atoms with Gasteiger partial charge < -0.3 is 5.11 Å². The third-order valence-corrected chi connectivity index (χ3v) is 1.12. The van der Waals surface area contributed by atoms with Gasteiger partial charge in [0, 0.05) is 0 Å². The number of hydrogen-bond acceptors (Lipinski definition) is 1. The van der Waals surface area contributed by atoms with Crippen LogP contribution in [-0.4, -0.2) is 16.0 Å². The lowest BCUT2D eigenvalue weighted by Crippen LogP contribution is -1.92. The number of aliphatic hydroxyl groups excluding tert-OH is 1. The SMILES string of the molecule is OC(Br)CCl. The van der Waals surface area contributed by atoms with E-state index in [2.05, 4.69) is 15.9 Å². The molecule has 5 heavy (non-hydrogen) atoms. The van der Waals surface area contributed by atoms with Crippen molar-refractivity contribution in [3.63, 3.8) is 0 Å². The van der Waals surface area contributed by atoms with Crippen LogP contribution in [0.4, 0.5) is 0 Å². The number of halogens is 2. The fourth-order valence-electron chi connectivity index (χ4n) is 0. The molecule has 0 spiro atoms. The topological polar surface area (TPSA) is 20.2 Å². The average Bonchev–Trinajstić information content (AvgIpc) is 1.38. The summed E-state index contributed by atoms with van der Waals surface area (Å²) in [6.07, 6.45) is 0. The van der Waals surface area contributed by atoms with Crippen LogP contribution < -0.4 is 0 Å². The van der Waals surface area contributed by atoms with Gasteiger partial charge in [0.15, 0.2) is 0 Å². The van der Waals surface area contributed by atoms with Gasteiger partial charge in [-0.05, 0) is 0 Å². The van der Waals surface area contributed by atoms with Crippen LogP contribution in [0.25, 0.3) is 0 Å². The van der Waals surface area contributed by atoms with E-state index in [0.29, 0.717) is 0 Å². The van der Waals surface area contributed by atoms with Crippen LogP contribution in [0.1, 0.15) is 0 Å². The van der Waals surface area contributed by atoms with Gasteiger partial charge >= 0.3 is 0 Å². The van der Waals surface area contributed by atoms with E-state index in [1.54, 1.807) is 0 Å². The predicted molar refractivity (Wildman–Crippen MR) is 25.7 cm³/mol. The molecule has 0 aromatic heterocycles. The third kappa shape index (κ3) is 4.73. The van der Waals surface area contributed by atoms with Crippen LogP contribution in [0.5, 0.6) is 0 Å². The Morgan fingerprint density at radius 3 is 2.20 bits per heavy atom. The number of alkyl halides is 2. The van der Waals surface area contributed by atoms with Gasteiger partial charge in [0.2, 0.25) is 0 Å². The minimum absolute atomic E-state index is 0.250. The van der Waals surface area contributed by atoms with E-state index in [-0.39, 0.29) is 5.88 Å². The van der Waals surface area contributed by atoms with E-state index >= 15 is 0 Å². The van der Waals surface area contributed by atoms with Gasteiger partial charge in [0.05, 0.1) is 5.88 Å². The maximum atomic E-state index is 8.15. The lowest BCUT2D eigenvalue weighted by molar-refractivity contribution is 0.293. The Labute approximate surface area is 44.1 Å². The molecule has 0 saturated carbocycles. The van der Waals surface area contributed by atoms with Crippen LogP contribution >= 0.6 is 27.5 Å². The monoisotopic (exact) mass is 158 g/mol. The first-order chi connectivity index (χ1) is 2.27. The molecular formula is C2H4BrClO. The Morgan fingerprint density at radius 1 is 2.00 bits per heavy atom. The van der Waals surface area contributed by atoms with Crippen LogP contribution in [0.15, 0.2) is 0 Å². The molecular weight excluding hydrogens is 155 g/mol. The van der Waals surface area contributed by atoms with E-state index in [9.17, 15) is 0 Å². The van der Waals surface area contributed by atoms with E-state index in [4.69, 9.17) is 16.7 Å². The quantitative estimate of drug-likeness (QED) is 0.565. The summed E-state index contributed by atoms with van der Waals surface area (Å²) in [5.74, 6) is 0.250. The van der Waals surface area contributed by atoms with E-state index in [1.165, 1.54) is 0 Å². The second-order valence-corrected chi connectivity index (χ2v) is 1.95. The largest absolute Gasteiger partial charge is 0.381 e. The molecule has 0 bridgehead atoms. The van der Waals surface area contributed by atoms with Gasteiger partial charge in [0.25, 0.3) is 0 Å². The smallest absolute Gasteiger partial charge is 0.122 e. The van der Waals surface area contributed by atoms with Crippen molar-refractivity contribution in [3.05, 3.63) is 0 Å². The Balaban J connectivity index is 2.54. The minimum atomic E-state index is -0.538. The molecule has 0 amide bonds. The minimum Gasteiger partial charge on any atom is -0.381 e. The zero-order valence-electron chi connectivity index (χ0n) is 2.49. The number of rotatable bonds is 1. The lowest BCUT2D eigenvalue weighted by Gasteiger charge is -1.86. The Hall–Kier alpha value is 0.730. The summed E-state index contributed by atoms with van der Waals surface area (Å²) in [5, 5.41) is 7.61. The zero-order chi connectivity index (χ0) is 4.28. The van der Waals surface area contributed by atoms with Gasteiger partial charge in [0.1, 0.15) is 5.01 Å². The fourth-order valence-corrected chi connectivity index (χ4v) is 0. The molecule has 1 nitrogen and oxygen atoms in total. The van der Waals surface area contributed by atoms with Crippen molar-refractivity contribution in [2.24, 2.45) is 0 Å². The summed E-state index contributed by atoms with van der Waals surface area (Å²) in [6.45, 7) is 0. The third-order valence-electron chi connectivity index (χ3n) is 0.127. The molecule has 32 valence electrons. The van der Waals surface area contributed by atoms with Gasteiger partial charge in [-0.15, -0.1) is 11.6 Å².